The van der Waals surface area contributed by atoms with Gasteiger partial charge in [-0.05, 0) is 48.6 Å². The number of amides is 2. The topological polar surface area (TPSA) is 96.0 Å². The van der Waals surface area contributed by atoms with Crippen LogP contribution in [0.2, 0.25) is 0 Å². The monoisotopic (exact) mass is 517 g/mol. The highest BCUT2D eigenvalue weighted by atomic mass is 32.2. The van der Waals surface area contributed by atoms with Gasteiger partial charge in [-0.3, -0.25) is 13.9 Å². The first-order valence-corrected chi connectivity index (χ1v) is 14.3. The number of unbranched alkanes of at least 4 members (excludes halogenated alkanes) is 1. The van der Waals surface area contributed by atoms with Crippen molar-refractivity contribution in [2.24, 2.45) is 0 Å². The zero-order valence-corrected chi connectivity index (χ0v) is 22.8. The van der Waals surface area contributed by atoms with Gasteiger partial charge in [0.25, 0.3) is 0 Å². The second-order valence-electron chi connectivity index (χ2n) is 8.69. The van der Waals surface area contributed by atoms with E-state index in [2.05, 4.69) is 5.32 Å². The number of nitrogens with one attached hydrogen (secondary N) is 1. The summed E-state index contributed by atoms with van der Waals surface area (Å²) in [5, 5.41) is 2.92. The summed E-state index contributed by atoms with van der Waals surface area (Å²) in [7, 11) is -2.20. The Morgan fingerprint density at radius 1 is 1.06 bits per heavy atom. The number of rotatable bonds is 14. The minimum absolute atomic E-state index is 0.142. The first-order valence-electron chi connectivity index (χ1n) is 12.4. The van der Waals surface area contributed by atoms with E-state index in [-0.39, 0.29) is 12.5 Å². The van der Waals surface area contributed by atoms with Crippen molar-refractivity contribution in [3.05, 3.63) is 59.7 Å². The van der Waals surface area contributed by atoms with Crippen LogP contribution in [0.15, 0.2) is 48.5 Å². The van der Waals surface area contributed by atoms with Crippen LogP contribution in [-0.2, 0) is 32.6 Å². The van der Waals surface area contributed by atoms with Crippen molar-refractivity contribution in [3.8, 4) is 5.75 Å². The highest BCUT2D eigenvalue weighted by Gasteiger charge is 2.32. The third kappa shape index (κ3) is 7.98. The number of aryl methyl sites for hydroxylation is 1. The molecule has 2 aromatic carbocycles. The van der Waals surface area contributed by atoms with Crippen LogP contribution in [0.3, 0.4) is 0 Å². The maximum atomic E-state index is 13.8. The molecular formula is C27H39N3O5S. The van der Waals surface area contributed by atoms with Gasteiger partial charge in [0.15, 0.2) is 0 Å². The molecule has 1 atom stereocenters. The lowest BCUT2D eigenvalue weighted by Crippen LogP contribution is -2.52. The first kappa shape index (κ1) is 29.2. The number of anilines is 1. The van der Waals surface area contributed by atoms with Crippen molar-refractivity contribution >= 4 is 27.5 Å². The highest BCUT2D eigenvalue weighted by molar-refractivity contribution is 7.92. The van der Waals surface area contributed by atoms with Crippen LogP contribution in [0.1, 0.15) is 51.2 Å². The number of carbonyl (C=O) groups excluding carboxylic acids is 2. The van der Waals surface area contributed by atoms with Crippen molar-refractivity contribution in [2.45, 2.75) is 59.0 Å². The molecule has 0 aliphatic carbocycles. The van der Waals surface area contributed by atoms with E-state index in [1.165, 1.54) is 4.90 Å². The Kier molecular flexibility index (Phi) is 11.2. The van der Waals surface area contributed by atoms with Gasteiger partial charge in [0, 0.05) is 13.1 Å². The summed E-state index contributed by atoms with van der Waals surface area (Å²) in [6.07, 6.45) is 3.86. The molecule has 2 rings (SSSR count). The second kappa shape index (κ2) is 13.9. The number of nitrogens with zero attached hydrogens (tertiary/aromatic N) is 2. The molecule has 0 aliphatic rings. The number of hydrogen-bond acceptors (Lipinski definition) is 5. The zero-order valence-electron chi connectivity index (χ0n) is 22.0. The largest absolute Gasteiger partial charge is 0.497 e. The fraction of sp³-hybridized carbons (Fsp3) is 0.481. The maximum absolute atomic E-state index is 13.8. The third-order valence-corrected chi connectivity index (χ3v) is 7.15. The van der Waals surface area contributed by atoms with E-state index in [0.717, 1.165) is 34.5 Å². The molecule has 0 aliphatic heterocycles. The average molecular weight is 518 g/mol. The van der Waals surface area contributed by atoms with Crippen LogP contribution < -0.4 is 14.4 Å². The van der Waals surface area contributed by atoms with Gasteiger partial charge in [-0.15, -0.1) is 0 Å². The van der Waals surface area contributed by atoms with Gasteiger partial charge in [0.05, 0.1) is 19.1 Å². The summed E-state index contributed by atoms with van der Waals surface area (Å²) in [4.78, 5) is 28.4. The van der Waals surface area contributed by atoms with Gasteiger partial charge in [-0.25, -0.2) is 8.42 Å². The Bertz CT molecular complexity index is 1120. The average Bonchev–Trinajstić information content (AvgIpc) is 2.86. The van der Waals surface area contributed by atoms with Gasteiger partial charge >= 0.3 is 0 Å². The van der Waals surface area contributed by atoms with Gasteiger partial charge < -0.3 is 15.0 Å². The van der Waals surface area contributed by atoms with Crippen molar-refractivity contribution in [2.75, 3.05) is 30.8 Å². The van der Waals surface area contributed by atoms with Crippen LogP contribution in [0.4, 0.5) is 5.69 Å². The standard InChI is InChI=1S/C27H39N3O5S/c1-6-9-17-28-27(32)24(8-3)29(19-21-13-12-15-23(18-21)35-4)26(31)20-30(36(5,33)34)25-16-11-10-14-22(25)7-2/h10-16,18,24H,6-9,17,19-20H2,1-5H3,(H,28,32)/t24-/m0/s1. The number of methoxy groups -OCH3 is 1. The van der Waals surface area contributed by atoms with Gasteiger partial charge in [-0.2, -0.15) is 0 Å². The van der Waals surface area contributed by atoms with Crippen LogP contribution in [0.25, 0.3) is 0 Å². The highest BCUT2D eigenvalue weighted by Crippen LogP contribution is 2.24. The Morgan fingerprint density at radius 2 is 1.78 bits per heavy atom. The minimum atomic E-state index is -3.77. The molecule has 0 aromatic heterocycles. The summed E-state index contributed by atoms with van der Waals surface area (Å²) >= 11 is 0. The molecular weight excluding hydrogens is 478 g/mol. The molecule has 36 heavy (non-hydrogen) atoms. The molecule has 198 valence electrons. The summed E-state index contributed by atoms with van der Waals surface area (Å²) < 4.78 is 32.1. The third-order valence-electron chi connectivity index (χ3n) is 6.02. The molecule has 8 nitrogen and oxygen atoms in total. The quantitative estimate of drug-likeness (QED) is 0.385. The molecule has 0 spiro atoms. The number of sulfonamides is 1. The summed E-state index contributed by atoms with van der Waals surface area (Å²) in [6, 6.07) is 13.7. The molecule has 1 N–H and O–H groups in total. The first-order chi connectivity index (χ1) is 17.2. The number of ether oxygens (including phenoxy) is 1. The van der Waals surface area contributed by atoms with E-state index in [0.29, 0.717) is 30.8 Å². The zero-order chi connectivity index (χ0) is 26.7. The SMILES string of the molecule is CCCCNC(=O)[C@H](CC)N(Cc1cccc(OC)c1)C(=O)CN(c1ccccc1CC)S(C)(=O)=O. The molecule has 0 unspecified atom stereocenters. The normalized spacial score (nSPS) is 12.0. The second-order valence-corrected chi connectivity index (χ2v) is 10.6. The molecule has 2 amide bonds. The summed E-state index contributed by atoms with van der Waals surface area (Å²) in [5.74, 6) is -0.0660. The number of hydrogen-bond donors (Lipinski definition) is 1. The van der Waals surface area contributed by atoms with E-state index < -0.39 is 28.5 Å². The van der Waals surface area contributed by atoms with E-state index in [1.54, 1.807) is 25.3 Å². The minimum Gasteiger partial charge on any atom is -0.497 e. The molecule has 0 saturated carbocycles. The predicted molar refractivity (Wildman–Crippen MR) is 144 cm³/mol. The van der Waals surface area contributed by atoms with Crippen molar-refractivity contribution < 1.29 is 22.7 Å². The predicted octanol–water partition coefficient (Wildman–Crippen LogP) is 3.75. The van der Waals surface area contributed by atoms with Crippen molar-refractivity contribution in [1.29, 1.82) is 0 Å². The molecule has 2 aromatic rings. The Labute approximate surface area is 215 Å². The smallest absolute Gasteiger partial charge is 0.244 e. The van der Waals surface area contributed by atoms with Crippen molar-refractivity contribution in [1.82, 2.24) is 10.2 Å². The van der Waals surface area contributed by atoms with Gasteiger partial charge in [0.1, 0.15) is 18.3 Å². The Hall–Kier alpha value is -3.07. The molecule has 0 saturated heterocycles. The fourth-order valence-electron chi connectivity index (χ4n) is 4.04. The van der Waals surface area contributed by atoms with Gasteiger partial charge in [0.2, 0.25) is 21.8 Å². The molecule has 0 heterocycles. The Morgan fingerprint density at radius 3 is 2.39 bits per heavy atom. The van der Waals surface area contributed by atoms with E-state index in [9.17, 15) is 18.0 Å². The molecule has 9 heteroatoms. The Balaban J connectivity index is 2.45. The lowest BCUT2D eigenvalue weighted by Gasteiger charge is -2.33. The summed E-state index contributed by atoms with van der Waals surface area (Å²) in [5.41, 5.74) is 2.07. The van der Waals surface area contributed by atoms with E-state index in [1.807, 2.05) is 51.1 Å². The number of carbonyl (C=O) groups is 2. The molecule has 0 fully saturated rings. The van der Waals surface area contributed by atoms with Crippen LogP contribution in [0, 0.1) is 0 Å². The lowest BCUT2D eigenvalue weighted by atomic mass is 10.1. The fourth-order valence-corrected chi connectivity index (χ4v) is 4.92. The molecule has 0 radical (unpaired) electrons. The van der Waals surface area contributed by atoms with Gasteiger partial charge in [-0.1, -0.05) is 57.5 Å². The van der Waals surface area contributed by atoms with Crippen LogP contribution in [0.5, 0.6) is 5.75 Å². The van der Waals surface area contributed by atoms with E-state index in [4.69, 9.17) is 4.74 Å². The number of benzene rings is 2. The lowest BCUT2D eigenvalue weighted by molar-refractivity contribution is -0.140. The van der Waals surface area contributed by atoms with Crippen LogP contribution >= 0.6 is 0 Å². The van der Waals surface area contributed by atoms with Crippen LogP contribution in [-0.4, -0.2) is 57.6 Å². The number of para-hydroxylation sites is 1. The maximum Gasteiger partial charge on any atom is 0.244 e. The van der Waals surface area contributed by atoms with E-state index >= 15 is 0 Å². The molecule has 0 bridgehead atoms. The summed E-state index contributed by atoms with van der Waals surface area (Å²) in [6.45, 7) is 6.07. The van der Waals surface area contributed by atoms with Crippen molar-refractivity contribution in [3.63, 3.8) is 0 Å².